The molecule has 0 radical (unpaired) electrons. The van der Waals surface area contributed by atoms with Crippen molar-refractivity contribution in [2.24, 2.45) is 0 Å². The Hall–Kier alpha value is -2.08. The summed E-state index contributed by atoms with van der Waals surface area (Å²) in [5.41, 5.74) is 2.04. The SMILES string of the molecule is C=C(CCCCCCCCCCC)OCC1CCC(c2ccc3c(NC)ncnn23)O1.CC. The van der Waals surface area contributed by atoms with E-state index in [1.807, 2.05) is 31.5 Å². The van der Waals surface area contributed by atoms with Gasteiger partial charge in [-0.05, 0) is 31.4 Å². The molecule has 2 unspecified atom stereocenters. The predicted octanol–water partition coefficient (Wildman–Crippen LogP) is 7.47. The van der Waals surface area contributed by atoms with Crippen LogP contribution in [0.3, 0.4) is 0 Å². The summed E-state index contributed by atoms with van der Waals surface area (Å²) < 4.78 is 14.1. The first-order valence-electron chi connectivity index (χ1n) is 13.2. The molecule has 0 spiro atoms. The fourth-order valence-electron chi connectivity index (χ4n) is 4.35. The van der Waals surface area contributed by atoms with Crippen molar-refractivity contribution in [1.82, 2.24) is 14.6 Å². The van der Waals surface area contributed by atoms with Gasteiger partial charge in [0.05, 0.1) is 17.6 Å². The van der Waals surface area contributed by atoms with E-state index in [1.54, 1.807) is 6.33 Å². The summed E-state index contributed by atoms with van der Waals surface area (Å²) >= 11 is 0. The van der Waals surface area contributed by atoms with Crippen molar-refractivity contribution >= 4 is 11.3 Å². The molecule has 3 heterocycles. The van der Waals surface area contributed by atoms with Crippen molar-refractivity contribution in [3.8, 4) is 0 Å². The largest absolute Gasteiger partial charge is 0.496 e. The monoisotopic (exact) mass is 458 g/mol. The molecule has 1 aliphatic rings. The average molecular weight is 459 g/mol. The Labute approximate surface area is 201 Å². The molecule has 6 heteroatoms. The van der Waals surface area contributed by atoms with E-state index < -0.39 is 0 Å². The highest BCUT2D eigenvalue weighted by molar-refractivity contribution is 5.67. The van der Waals surface area contributed by atoms with Crippen LogP contribution in [0, 0.1) is 0 Å². The highest BCUT2D eigenvalue weighted by Crippen LogP contribution is 2.34. The molecule has 0 saturated carbocycles. The number of allylic oxidation sites excluding steroid dienone is 1. The quantitative estimate of drug-likeness (QED) is 0.221. The second-order valence-electron chi connectivity index (χ2n) is 8.67. The lowest BCUT2D eigenvalue weighted by Crippen LogP contribution is -2.15. The molecular formula is C27H46N4O2. The van der Waals surface area contributed by atoms with Crippen LogP contribution < -0.4 is 5.32 Å². The Kier molecular flexibility index (Phi) is 12.9. The number of aromatic nitrogens is 3. The van der Waals surface area contributed by atoms with Gasteiger partial charge in [-0.25, -0.2) is 9.50 Å². The fraction of sp³-hybridized carbons (Fsp3) is 0.704. The number of fused-ring (bicyclic) bond motifs is 1. The second-order valence-corrected chi connectivity index (χ2v) is 8.67. The maximum atomic E-state index is 6.27. The highest BCUT2D eigenvalue weighted by atomic mass is 16.5. The number of anilines is 1. The molecule has 6 nitrogen and oxygen atoms in total. The van der Waals surface area contributed by atoms with Crippen LogP contribution >= 0.6 is 0 Å². The number of unbranched alkanes of at least 4 members (excludes halogenated alkanes) is 8. The van der Waals surface area contributed by atoms with Crippen LogP contribution in [0.1, 0.15) is 110 Å². The lowest BCUT2D eigenvalue weighted by atomic mass is 10.1. The fourth-order valence-corrected chi connectivity index (χ4v) is 4.35. The van der Waals surface area contributed by atoms with Gasteiger partial charge in [-0.3, -0.25) is 0 Å². The Bertz CT molecular complexity index is 805. The minimum atomic E-state index is 0.0429. The van der Waals surface area contributed by atoms with E-state index in [4.69, 9.17) is 9.47 Å². The molecule has 0 aromatic carbocycles. The Morgan fingerprint density at radius 1 is 1.09 bits per heavy atom. The Morgan fingerprint density at radius 3 is 2.48 bits per heavy atom. The minimum absolute atomic E-state index is 0.0429. The summed E-state index contributed by atoms with van der Waals surface area (Å²) in [6.07, 6.45) is 16.7. The third kappa shape index (κ3) is 8.65. The standard InChI is InChI=1S/C25H40N4O2.C2H6/c1-4-5-6-7-8-9-10-11-12-13-20(2)30-18-21-14-17-24(31-21)22-15-16-23-25(26-3)27-19-28-29(22)23;1-2/h15-16,19,21,24H,2,4-14,17-18H2,1,3H3,(H,26,27,28);1-2H3. The molecule has 0 aliphatic carbocycles. The number of nitrogens with zero attached hydrogens (tertiary/aromatic N) is 3. The molecule has 1 aliphatic heterocycles. The molecule has 1 N–H and O–H groups in total. The van der Waals surface area contributed by atoms with Crippen molar-refractivity contribution in [3.05, 3.63) is 36.5 Å². The summed E-state index contributed by atoms with van der Waals surface area (Å²) in [7, 11) is 1.87. The predicted molar refractivity (Wildman–Crippen MR) is 138 cm³/mol. The van der Waals surface area contributed by atoms with E-state index in [9.17, 15) is 0 Å². The molecule has 33 heavy (non-hydrogen) atoms. The third-order valence-electron chi connectivity index (χ3n) is 6.19. The molecule has 186 valence electrons. The Balaban J connectivity index is 0.00000187. The van der Waals surface area contributed by atoms with Crippen molar-refractivity contribution in [2.45, 2.75) is 110 Å². The van der Waals surface area contributed by atoms with Gasteiger partial charge in [0.2, 0.25) is 0 Å². The molecule has 1 fully saturated rings. The number of hydrogen-bond donors (Lipinski definition) is 1. The highest BCUT2D eigenvalue weighted by Gasteiger charge is 2.29. The first kappa shape index (κ1) is 27.2. The molecule has 3 rings (SSSR count). The summed E-state index contributed by atoms with van der Waals surface area (Å²) in [5, 5.41) is 7.52. The zero-order chi connectivity index (χ0) is 23.9. The Morgan fingerprint density at radius 2 is 1.79 bits per heavy atom. The van der Waals surface area contributed by atoms with Gasteiger partial charge in [-0.1, -0.05) is 78.7 Å². The van der Waals surface area contributed by atoms with E-state index in [2.05, 4.69) is 35.0 Å². The molecular weight excluding hydrogens is 412 g/mol. The van der Waals surface area contributed by atoms with E-state index in [0.29, 0.717) is 6.61 Å². The van der Waals surface area contributed by atoms with Gasteiger partial charge < -0.3 is 14.8 Å². The summed E-state index contributed by atoms with van der Waals surface area (Å²) in [5.74, 6) is 1.72. The minimum Gasteiger partial charge on any atom is -0.496 e. The van der Waals surface area contributed by atoms with Gasteiger partial charge in [0.25, 0.3) is 0 Å². The molecule has 0 amide bonds. The van der Waals surface area contributed by atoms with E-state index in [-0.39, 0.29) is 12.2 Å². The number of hydrogen-bond acceptors (Lipinski definition) is 5. The van der Waals surface area contributed by atoms with Crippen LogP contribution in [-0.4, -0.2) is 34.4 Å². The number of ether oxygens (including phenoxy) is 2. The molecule has 0 bridgehead atoms. The molecule has 2 aromatic heterocycles. The van der Waals surface area contributed by atoms with E-state index in [0.717, 1.165) is 42.1 Å². The maximum absolute atomic E-state index is 6.27. The van der Waals surface area contributed by atoms with E-state index >= 15 is 0 Å². The van der Waals surface area contributed by atoms with Gasteiger partial charge in [0.1, 0.15) is 24.6 Å². The van der Waals surface area contributed by atoms with Crippen LogP contribution in [-0.2, 0) is 9.47 Å². The van der Waals surface area contributed by atoms with Gasteiger partial charge in [0.15, 0.2) is 5.82 Å². The third-order valence-corrected chi connectivity index (χ3v) is 6.19. The van der Waals surface area contributed by atoms with Crippen molar-refractivity contribution < 1.29 is 9.47 Å². The van der Waals surface area contributed by atoms with Crippen LogP contribution in [0.25, 0.3) is 5.52 Å². The summed E-state index contributed by atoms with van der Waals surface area (Å²) in [6.45, 7) is 11.0. The van der Waals surface area contributed by atoms with Crippen molar-refractivity contribution in [2.75, 3.05) is 19.0 Å². The van der Waals surface area contributed by atoms with Gasteiger partial charge in [-0.15, -0.1) is 0 Å². The zero-order valence-corrected chi connectivity index (χ0v) is 21.4. The lowest BCUT2D eigenvalue weighted by molar-refractivity contribution is -0.00205. The zero-order valence-electron chi connectivity index (χ0n) is 21.4. The van der Waals surface area contributed by atoms with Crippen molar-refractivity contribution in [3.63, 3.8) is 0 Å². The van der Waals surface area contributed by atoms with E-state index in [1.165, 1.54) is 57.8 Å². The summed E-state index contributed by atoms with van der Waals surface area (Å²) in [4.78, 5) is 4.27. The second kappa shape index (κ2) is 15.7. The van der Waals surface area contributed by atoms with Crippen LogP contribution in [0.4, 0.5) is 5.82 Å². The molecule has 1 saturated heterocycles. The number of rotatable bonds is 15. The van der Waals surface area contributed by atoms with Crippen LogP contribution in [0.5, 0.6) is 0 Å². The number of nitrogens with one attached hydrogen (secondary N) is 1. The summed E-state index contributed by atoms with van der Waals surface area (Å²) in [6, 6.07) is 4.13. The first-order chi connectivity index (χ1) is 16.2. The average Bonchev–Trinajstić information content (AvgIpc) is 3.49. The topological polar surface area (TPSA) is 60.7 Å². The first-order valence-corrected chi connectivity index (χ1v) is 13.2. The molecule has 2 aromatic rings. The van der Waals surface area contributed by atoms with Gasteiger partial charge >= 0.3 is 0 Å². The smallest absolute Gasteiger partial charge is 0.153 e. The van der Waals surface area contributed by atoms with Gasteiger partial charge in [-0.2, -0.15) is 5.10 Å². The normalized spacial score (nSPS) is 17.6. The van der Waals surface area contributed by atoms with Crippen molar-refractivity contribution in [1.29, 1.82) is 0 Å². The van der Waals surface area contributed by atoms with Crippen LogP contribution in [0.2, 0.25) is 0 Å². The lowest BCUT2D eigenvalue weighted by Gasteiger charge is -2.16. The maximum Gasteiger partial charge on any atom is 0.153 e. The van der Waals surface area contributed by atoms with Gasteiger partial charge in [0, 0.05) is 13.5 Å². The van der Waals surface area contributed by atoms with Crippen LogP contribution in [0.15, 0.2) is 30.8 Å². The molecule has 2 atom stereocenters.